The number of halogens is 2. The molecule has 0 bridgehead atoms. The highest BCUT2D eigenvalue weighted by Crippen LogP contribution is 2.19. The number of anilines is 2. The molecule has 5 nitrogen and oxygen atoms in total. The van der Waals surface area contributed by atoms with E-state index in [0.717, 1.165) is 44.0 Å². The third-order valence-corrected chi connectivity index (χ3v) is 4.02. The molecule has 2 heterocycles. The lowest BCUT2D eigenvalue weighted by atomic mass is 10.2. The summed E-state index contributed by atoms with van der Waals surface area (Å²) in [7, 11) is 2.07. The van der Waals surface area contributed by atoms with Crippen LogP contribution < -0.4 is 10.2 Å². The number of piperazine rings is 1. The Morgan fingerprint density at radius 1 is 1.12 bits per heavy atom. The summed E-state index contributed by atoms with van der Waals surface area (Å²) in [4.78, 5) is 20.7. The normalized spacial score (nSPS) is 15.4. The van der Waals surface area contributed by atoms with Gasteiger partial charge in [0.1, 0.15) is 17.3 Å². The first-order chi connectivity index (χ1) is 11.5. The van der Waals surface area contributed by atoms with Crippen LogP contribution in [0.4, 0.5) is 20.2 Å². The van der Waals surface area contributed by atoms with Crippen molar-refractivity contribution in [1.82, 2.24) is 9.88 Å². The fraction of sp³-hybridized carbons (Fsp3) is 0.294. The molecule has 1 N–H and O–H groups in total. The fourth-order valence-corrected chi connectivity index (χ4v) is 2.58. The first kappa shape index (κ1) is 16.3. The van der Waals surface area contributed by atoms with E-state index in [-0.39, 0.29) is 11.4 Å². The highest BCUT2D eigenvalue weighted by molar-refractivity contribution is 6.03. The first-order valence-corrected chi connectivity index (χ1v) is 7.69. The molecule has 0 spiro atoms. The topological polar surface area (TPSA) is 48.5 Å². The lowest BCUT2D eigenvalue weighted by molar-refractivity contribution is 0.102. The Labute approximate surface area is 138 Å². The lowest BCUT2D eigenvalue weighted by Gasteiger charge is -2.34. The highest BCUT2D eigenvalue weighted by Gasteiger charge is 2.17. The first-order valence-electron chi connectivity index (χ1n) is 7.69. The van der Waals surface area contributed by atoms with Gasteiger partial charge < -0.3 is 15.1 Å². The van der Waals surface area contributed by atoms with Crippen LogP contribution in [0.3, 0.4) is 0 Å². The van der Waals surface area contributed by atoms with Crippen molar-refractivity contribution in [2.24, 2.45) is 0 Å². The van der Waals surface area contributed by atoms with Crippen molar-refractivity contribution >= 4 is 17.3 Å². The standard InChI is InChI=1S/C17H18F2N4O/c1-22-6-8-23(9-7-22)13-4-5-20-16(11-13)17(24)21-15-3-2-12(18)10-14(15)19/h2-5,10-11H,6-9H2,1H3,(H,21,24). The molecule has 24 heavy (non-hydrogen) atoms. The minimum atomic E-state index is -0.821. The van der Waals surface area contributed by atoms with Crippen LogP contribution in [0.15, 0.2) is 36.5 Å². The number of carbonyl (C=O) groups excluding carboxylic acids is 1. The van der Waals surface area contributed by atoms with Crippen LogP contribution in [0.2, 0.25) is 0 Å². The average Bonchev–Trinajstić information content (AvgIpc) is 2.58. The summed E-state index contributed by atoms with van der Waals surface area (Å²) in [5, 5.41) is 2.42. The summed E-state index contributed by atoms with van der Waals surface area (Å²) in [5.74, 6) is -2.05. The fourth-order valence-electron chi connectivity index (χ4n) is 2.58. The summed E-state index contributed by atoms with van der Waals surface area (Å²) in [6.45, 7) is 3.64. The Hall–Kier alpha value is -2.54. The van der Waals surface area contributed by atoms with Gasteiger partial charge in [0.15, 0.2) is 0 Å². The van der Waals surface area contributed by atoms with E-state index >= 15 is 0 Å². The van der Waals surface area contributed by atoms with Gasteiger partial charge in [0.25, 0.3) is 5.91 Å². The van der Waals surface area contributed by atoms with E-state index in [0.29, 0.717) is 0 Å². The SMILES string of the molecule is CN1CCN(c2ccnc(C(=O)Nc3ccc(F)cc3F)c2)CC1. The van der Waals surface area contributed by atoms with Crippen LogP contribution in [-0.2, 0) is 0 Å². The highest BCUT2D eigenvalue weighted by atomic mass is 19.1. The second kappa shape index (κ2) is 6.92. The van der Waals surface area contributed by atoms with Gasteiger partial charge in [-0.1, -0.05) is 0 Å². The quantitative estimate of drug-likeness (QED) is 0.937. The minimum Gasteiger partial charge on any atom is -0.369 e. The molecule has 1 aliphatic heterocycles. The van der Waals surface area contributed by atoms with Crippen LogP contribution in [0, 0.1) is 11.6 Å². The van der Waals surface area contributed by atoms with Crippen molar-refractivity contribution in [3.05, 3.63) is 53.9 Å². The van der Waals surface area contributed by atoms with Gasteiger partial charge in [-0.25, -0.2) is 8.78 Å². The zero-order valence-corrected chi connectivity index (χ0v) is 13.3. The zero-order valence-electron chi connectivity index (χ0n) is 13.3. The van der Waals surface area contributed by atoms with Crippen molar-refractivity contribution in [2.45, 2.75) is 0 Å². The minimum absolute atomic E-state index is 0.0757. The van der Waals surface area contributed by atoms with Crippen molar-refractivity contribution in [1.29, 1.82) is 0 Å². The summed E-state index contributed by atoms with van der Waals surface area (Å²) < 4.78 is 26.6. The summed E-state index contributed by atoms with van der Waals surface area (Å²) >= 11 is 0. The maximum Gasteiger partial charge on any atom is 0.274 e. The van der Waals surface area contributed by atoms with Gasteiger partial charge in [-0.15, -0.1) is 0 Å². The molecule has 0 radical (unpaired) electrons. The van der Waals surface area contributed by atoms with E-state index in [9.17, 15) is 13.6 Å². The molecule has 1 fully saturated rings. The Morgan fingerprint density at radius 3 is 2.58 bits per heavy atom. The Kier molecular flexibility index (Phi) is 4.71. The van der Waals surface area contributed by atoms with E-state index in [1.165, 1.54) is 6.07 Å². The van der Waals surface area contributed by atoms with E-state index in [1.807, 2.05) is 6.07 Å². The molecular formula is C17H18F2N4O. The summed E-state index contributed by atoms with van der Waals surface area (Å²) in [6.07, 6.45) is 1.56. The molecule has 1 aromatic heterocycles. The van der Waals surface area contributed by atoms with Crippen LogP contribution in [-0.4, -0.2) is 49.0 Å². The second-order valence-corrected chi connectivity index (χ2v) is 5.77. The number of hydrogen-bond acceptors (Lipinski definition) is 4. The zero-order chi connectivity index (χ0) is 17.1. The summed E-state index contributed by atoms with van der Waals surface area (Å²) in [5.41, 5.74) is 1.02. The third-order valence-electron chi connectivity index (χ3n) is 4.02. The molecule has 0 saturated carbocycles. The number of aromatic nitrogens is 1. The predicted molar refractivity (Wildman–Crippen MR) is 88.3 cm³/mol. The van der Waals surface area contributed by atoms with Crippen molar-refractivity contribution < 1.29 is 13.6 Å². The number of pyridine rings is 1. The largest absolute Gasteiger partial charge is 0.369 e. The molecule has 0 atom stereocenters. The van der Waals surface area contributed by atoms with Gasteiger partial charge in [-0.05, 0) is 31.3 Å². The molecule has 1 aromatic carbocycles. The number of rotatable bonds is 3. The van der Waals surface area contributed by atoms with Crippen LogP contribution in [0.25, 0.3) is 0 Å². The maximum absolute atomic E-state index is 13.6. The average molecular weight is 332 g/mol. The Bertz CT molecular complexity index is 745. The molecule has 3 rings (SSSR count). The molecular weight excluding hydrogens is 314 g/mol. The van der Waals surface area contributed by atoms with Crippen molar-refractivity contribution in [2.75, 3.05) is 43.4 Å². The van der Waals surface area contributed by atoms with Crippen LogP contribution >= 0.6 is 0 Å². The van der Waals surface area contributed by atoms with E-state index in [4.69, 9.17) is 0 Å². The maximum atomic E-state index is 13.6. The van der Waals surface area contributed by atoms with Gasteiger partial charge in [-0.3, -0.25) is 9.78 Å². The van der Waals surface area contributed by atoms with Gasteiger partial charge in [-0.2, -0.15) is 0 Å². The lowest BCUT2D eigenvalue weighted by Crippen LogP contribution is -2.44. The molecule has 0 aliphatic carbocycles. The monoisotopic (exact) mass is 332 g/mol. The van der Waals surface area contributed by atoms with E-state index in [2.05, 4.69) is 27.1 Å². The Balaban J connectivity index is 1.74. The summed E-state index contributed by atoms with van der Waals surface area (Å²) in [6, 6.07) is 6.53. The van der Waals surface area contributed by atoms with E-state index < -0.39 is 17.5 Å². The number of nitrogens with zero attached hydrogens (tertiary/aromatic N) is 3. The Morgan fingerprint density at radius 2 is 1.88 bits per heavy atom. The molecule has 7 heteroatoms. The number of carbonyl (C=O) groups is 1. The van der Waals surface area contributed by atoms with Gasteiger partial charge >= 0.3 is 0 Å². The third kappa shape index (κ3) is 3.68. The predicted octanol–water partition coefficient (Wildman–Crippen LogP) is 2.36. The molecule has 0 unspecified atom stereocenters. The van der Waals surface area contributed by atoms with Gasteiger partial charge in [0.2, 0.25) is 0 Å². The van der Waals surface area contributed by atoms with Crippen LogP contribution in [0.1, 0.15) is 10.5 Å². The van der Waals surface area contributed by atoms with Crippen molar-refractivity contribution in [3.8, 4) is 0 Å². The number of benzene rings is 1. The van der Waals surface area contributed by atoms with Crippen LogP contribution in [0.5, 0.6) is 0 Å². The van der Waals surface area contributed by atoms with Gasteiger partial charge in [0.05, 0.1) is 5.69 Å². The number of nitrogens with one attached hydrogen (secondary N) is 1. The molecule has 1 aliphatic rings. The van der Waals surface area contributed by atoms with Crippen molar-refractivity contribution in [3.63, 3.8) is 0 Å². The van der Waals surface area contributed by atoms with Gasteiger partial charge in [0, 0.05) is 44.1 Å². The number of likely N-dealkylation sites (N-methyl/N-ethyl adjacent to an activating group) is 1. The molecule has 1 amide bonds. The molecule has 126 valence electrons. The molecule has 1 saturated heterocycles. The molecule has 2 aromatic rings. The van der Waals surface area contributed by atoms with E-state index in [1.54, 1.807) is 12.3 Å². The smallest absolute Gasteiger partial charge is 0.274 e. The second-order valence-electron chi connectivity index (χ2n) is 5.77. The number of hydrogen-bond donors (Lipinski definition) is 1. The number of amides is 1.